The van der Waals surface area contributed by atoms with Gasteiger partial charge in [0.25, 0.3) is 5.91 Å². The largest absolute Gasteiger partial charge is 0.522 e. The SMILES string of the molecule is Cc1cc(C(=O)N2CCC3(c4ncccc4Cl)OCOC3C2)ccc1OCCOC(F)(F)F. The number of nitrogens with zero attached hydrogens (tertiary/aromatic N) is 2. The van der Waals surface area contributed by atoms with Crippen molar-refractivity contribution in [2.45, 2.75) is 31.4 Å². The lowest BCUT2D eigenvalue weighted by Gasteiger charge is -2.41. The highest BCUT2D eigenvalue weighted by atomic mass is 35.5. The number of halogens is 4. The number of alkyl halides is 3. The molecule has 2 atom stereocenters. The Bertz CT molecular complexity index is 1020. The van der Waals surface area contributed by atoms with Gasteiger partial charge in [-0.3, -0.25) is 14.5 Å². The van der Waals surface area contributed by atoms with E-state index in [9.17, 15) is 18.0 Å². The van der Waals surface area contributed by atoms with Crippen LogP contribution in [0.3, 0.4) is 0 Å². The van der Waals surface area contributed by atoms with Crippen LogP contribution in [0, 0.1) is 6.92 Å². The van der Waals surface area contributed by atoms with Crippen molar-refractivity contribution in [2.75, 3.05) is 33.1 Å². The lowest BCUT2D eigenvalue weighted by molar-refractivity contribution is -0.325. The summed E-state index contributed by atoms with van der Waals surface area (Å²) < 4.78 is 56.9. The van der Waals surface area contributed by atoms with Gasteiger partial charge in [-0.15, -0.1) is 13.2 Å². The minimum atomic E-state index is -4.70. The van der Waals surface area contributed by atoms with E-state index in [1.807, 2.05) is 0 Å². The predicted molar refractivity (Wildman–Crippen MR) is 111 cm³/mol. The standard InChI is InChI=1S/C22H22ClF3N2O5/c1-14-11-15(4-5-17(14)30-9-10-32-22(24,25)26)20(29)28-8-6-21(18(12-28)31-13-33-21)19-16(23)3-2-7-27-19/h2-5,7,11,18H,6,8-10,12-13H2,1H3. The van der Waals surface area contributed by atoms with Crippen LogP contribution in [0.1, 0.15) is 28.0 Å². The molecule has 7 nitrogen and oxygen atoms in total. The van der Waals surface area contributed by atoms with Crippen molar-refractivity contribution in [2.24, 2.45) is 0 Å². The van der Waals surface area contributed by atoms with Crippen molar-refractivity contribution >= 4 is 17.5 Å². The molecule has 2 aliphatic heterocycles. The maximum Gasteiger partial charge on any atom is 0.522 e. The average molecular weight is 487 g/mol. The third-order valence-corrected chi connectivity index (χ3v) is 6.03. The van der Waals surface area contributed by atoms with Crippen LogP contribution in [0.5, 0.6) is 5.75 Å². The summed E-state index contributed by atoms with van der Waals surface area (Å²) in [5.41, 5.74) is 0.864. The van der Waals surface area contributed by atoms with Gasteiger partial charge in [0.05, 0.1) is 23.9 Å². The summed E-state index contributed by atoms with van der Waals surface area (Å²) in [6.45, 7) is 1.63. The Morgan fingerprint density at radius 1 is 1.33 bits per heavy atom. The van der Waals surface area contributed by atoms with E-state index in [0.29, 0.717) is 47.1 Å². The first-order valence-electron chi connectivity index (χ1n) is 10.3. The summed E-state index contributed by atoms with van der Waals surface area (Å²) in [5, 5.41) is 0.486. The molecule has 0 aliphatic carbocycles. The van der Waals surface area contributed by atoms with Crippen LogP contribution in [0.15, 0.2) is 36.5 Å². The van der Waals surface area contributed by atoms with Gasteiger partial charge in [0.1, 0.15) is 30.9 Å². The number of amides is 1. The van der Waals surface area contributed by atoms with Crippen molar-refractivity contribution in [1.29, 1.82) is 0 Å². The number of rotatable bonds is 6. The van der Waals surface area contributed by atoms with Crippen LogP contribution in [-0.2, 0) is 19.8 Å². The zero-order valence-corrected chi connectivity index (χ0v) is 18.5. The Morgan fingerprint density at radius 3 is 2.88 bits per heavy atom. The van der Waals surface area contributed by atoms with E-state index in [1.165, 1.54) is 0 Å². The lowest BCUT2D eigenvalue weighted by atomic mass is 9.84. The zero-order chi connectivity index (χ0) is 23.6. The van der Waals surface area contributed by atoms with E-state index >= 15 is 0 Å². The molecule has 4 rings (SSSR count). The molecule has 1 aromatic carbocycles. The number of carbonyl (C=O) groups is 1. The van der Waals surface area contributed by atoms with Crippen LogP contribution in [0.4, 0.5) is 13.2 Å². The zero-order valence-electron chi connectivity index (χ0n) is 17.7. The summed E-state index contributed by atoms with van der Waals surface area (Å²) in [5.74, 6) is 0.188. The number of fused-ring (bicyclic) bond motifs is 1. The molecular weight excluding hydrogens is 465 g/mol. The molecule has 0 radical (unpaired) electrons. The number of benzene rings is 1. The van der Waals surface area contributed by atoms with Gasteiger partial charge in [0.15, 0.2) is 0 Å². The molecule has 2 aromatic rings. The van der Waals surface area contributed by atoms with Gasteiger partial charge in [-0.25, -0.2) is 0 Å². The molecule has 0 saturated carbocycles. The molecular formula is C22H22ClF3N2O5. The molecule has 3 heterocycles. The van der Waals surface area contributed by atoms with Crippen LogP contribution >= 0.6 is 11.6 Å². The third-order valence-electron chi connectivity index (χ3n) is 5.72. The van der Waals surface area contributed by atoms with Crippen molar-refractivity contribution < 1.29 is 36.9 Å². The second kappa shape index (κ2) is 9.46. The molecule has 0 bridgehead atoms. The van der Waals surface area contributed by atoms with Gasteiger partial charge in [-0.05, 0) is 42.8 Å². The minimum Gasteiger partial charge on any atom is -0.491 e. The van der Waals surface area contributed by atoms with Crippen molar-refractivity contribution in [3.05, 3.63) is 58.4 Å². The van der Waals surface area contributed by atoms with Gasteiger partial charge in [-0.1, -0.05) is 11.6 Å². The van der Waals surface area contributed by atoms with Crippen LogP contribution < -0.4 is 4.74 Å². The molecule has 33 heavy (non-hydrogen) atoms. The summed E-state index contributed by atoms with van der Waals surface area (Å²) >= 11 is 6.36. The van der Waals surface area contributed by atoms with E-state index in [1.54, 1.807) is 48.4 Å². The number of ether oxygens (including phenoxy) is 4. The molecule has 2 saturated heterocycles. The summed E-state index contributed by atoms with van der Waals surface area (Å²) in [7, 11) is 0. The Morgan fingerprint density at radius 2 is 2.15 bits per heavy atom. The Kier molecular flexibility index (Phi) is 6.81. The topological polar surface area (TPSA) is 70.1 Å². The molecule has 0 N–H and O–H groups in total. The van der Waals surface area contributed by atoms with Gasteiger partial charge in [0, 0.05) is 24.7 Å². The molecule has 2 unspecified atom stereocenters. The molecule has 2 fully saturated rings. The average Bonchev–Trinajstić information content (AvgIpc) is 3.20. The lowest BCUT2D eigenvalue weighted by Crippen LogP contribution is -2.54. The molecule has 1 amide bonds. The number of likely N-dealkylation sites (tertiary alicyclic amines) is 1. The number of aromatic nitrogens is 1. The van der Waals surface area contributed by atoms with Gasteiger partial charge in [0.2, 0.25) is 0 Å². The van der Waals surface area contributed by atoms with Crippen molar-refractivity contribution in [1.82, 2.24) is 9.88 Å². The Labute approximate surface area is 193 Å². The number of pyridine rings is 1. The summed E-state index contributed by atoms with van der Waals surface area (Å²) in [6.07, 6.45) is -3.00. The molecule has 1 aromatic heterocycles. The Hall–Kier alpha value is -2.40. The van der Waals surface area contributed by atoms with E-state index in [-0.39, 0.29) is 19.3 Å². The van der Waals surface area contributed by atoms with Crippen LogP contribution in [0.25, 0.3) is 0 Å². The van der Waals surface area contributed by atoms with Crippen molar-refractivity contribution in [3.8, 4) is 5.75 Å². The fourth-order valence-electron chi connectivity index (χ4n) is 4.13. The Balaban J connectivity index is 1.41. The fraction of sp³-hybridized carbons (Fsp3) is 0.455. The van der Waals surface area contributed by atoms with Gasteiger partial charge in [-0.2, -0.15) is 0 Å². The third kappa shape index (κ3) is 5.08. The first-order chi connectivity index (χ1) is 15.7. The maximum atomic E-state index is 13.1. The fourth-order valence-corrected chi connectivity index (χ4v) is 4.41. The summed E-state index contributed by atoms with van der Waals surface area (Å²) in [4.78, 5) is 19.2. The molecule has 2 aliphatic rings. The molecule has 11 heteroatoms. The quantitative estimate of drug-likeness (QED) is 0.573. The highest BCUT2D eigenvalue weighted by Gasteiger charge is 2.53. The first kappa shape index (κ1) is 23.7. The molecule has 178 valence electrons. The van der Waals surface area contributed by atoms with E-state index in [2.05, 4.69) is 9.72 Å². The number of piperidine rings is 1. The highest BCUT2D eigenvalue weighted by molar-refractivity contribution is 6.31. The number of hydrogen-bond donors (Lipinski definition) is 0. The number of aryl methyl sites for hydroxylation is 1. The second-order valence-corrected chi connectivity index (χ2v) is 8.17. The van der Waals surface area contributed by atoms with E-state index < -0.39 is 24.7 Å². The predicted octanol–water partition coefficient (Wildman–Crippen LogP) is 4.07. The smallest absolute Gasteiger partial charge is 0.491 e. The van der Waals surface area contributed by atoms with Gasteiger partial charge >= 0.3 is 6.36 Å². The van der Waals surface area contributed by atoms with E-state index in [0.717, 1.165) is 0 Å². The van der Waals surface area contributed by atoms with Gasteiger partial charge < -0.3 is 19.1 Å². The number of carbonyl (C=O) groups excluding carboxylic acids is 1. The monoisotopic (exact) mass is 486 g/mol. The number of hydrogen-bond acceptors (Lipinski definition) is 6. The van der Waals surface area contributed by atoms with Crippen LogP contribution in [-0.4, -0.2) is 61.4 Å². The normalized spacial score (nSPS) is 22.8. The minimum absolute atomic E-state index is 0.0861. The first-order valence-corrected chi connectivity index (χ1v) is 10.7. The van der Waals surface area contributed by atoms with Crippen LogP contribution in [0.2, 0.25) is 5.02 Å². The molecule has 0 spiro atoms. The maximum absolute atomic E-state index is 13.1. The highest BCUT2D eigenvalue weighted by Crippen LogP contribution is 2.44. The summed E-state index contributed by atoms with van der Waals surface area (Å²) in [6, 6.07) is 8.28. The van der Waals surface area contributed by atoms with Crippen molar-refractivity contribution in [3.63, 3.8) is 0 Å². The van der Waals surface area contributed by atoms with E-state index in [4.69, 9.17) is 25.8 Å². The second-order valence-electron chi connectivity index (χ2n) is 7.76.